The Kier molecular flexibility index (Phi) is 9.86. The van der Waals surface area contributed by atoms with Crippen LogP contribution in [0.2, 0.25) is 0 Å². The first-order valence-corrected chi connectivity index (χ1v) is 11.0. The summed E-state index contributed by atoms with van der Waals surface area (Å²) >= 11 is 2.06. The van der Waals surface area contributed by atoms with E-state index < -0.39 is 0 Å². The molecule has 2 aliphatic heterocycles. The van der Waals surface area contributed by atoms with Crippen LogP contribution in [0.3, 0.4) is 0 Å². The van der Waals surface area contributed by atoms with Gasteiger partial charge in [-0.25, -0.2) is 0 Å². The first-order chi connectivity index (χ1) is 13.2. The van der Waals surface area contributed by atoms with Crippen molar-refractivity contribution in [2.75, 3.05) is 52.3 Å². The third kappa shape index (κ3) is 6.00. The number of ether oxygens (including phenoxy) is 2. The molecule has 0 amide bonds. The molecule has 2 heterocycles. The lowest BCUT2D eigenvalue weighted by atomic mass is 9.99. The SMILES string of the molecule is CCSC1(CNC(=NC)N2CCOC(c3ccccc3C)C2)CCOCC1.I. The van der Waals surface area contributed by atoms with Gasteiger partial charge in [0, 0.05) is 38.1 Å². The second-order valence-corrected chi connectivity index (χ2v) is 9.02. The lowest BCUT2D eigenvalue weighted by Gasteiger charge is -2.39. The van der Waals surface area contributed by atoms with Crippen LogP contribution in [0.1, 0.15) is 37.0 Å². The number of benzene rings is 1. The van der Waals surface area contributed by atoms with E-state index in [0.717, 1.165) is 64.0 Å². The Morgan fingerprint density at radius 2 is 2.04 bits per heavy atom. The molecule has 28 heavy (non-hydrogen) atoms. The van der Waals surface area contributed by atoms with E-state index in [1.165, 1.54) is 11.1 Å². The summed E-state index contributed by atoms with van der Waals surface area (Å²) in [7, 11) is 1.88. The van der Waals surface area contributed by atoms with Crippen LogP contribution < -0.4 is 5.32 Å². The molecule has 5 nitrogen and oxygen atoms in total. The van der Waals surface area contributed by atoms with Gasteiger partial charge in [-0.1, -0.05) is 31.2 Å². The van der Waals surface area contributed by atoms with Crippen LogP contribution in [0, 0.1) is 6.92 Å². The van der Waals surface area contributed by atoms with Gasteiger partial charge in [0.05, 0.1) is 13.2 Å². The zero-order valence-electron chi connectivity index (χ0n) is 17.3. The highest BCUT2D eigenvalue weighted by Gasteiger charge is 2.33. The van der Waals surface area contributed by atoms with E-state index in [0.29, 0.717) is 0 Å². The number of nitrogens with zero attached hydrogens (tertiary/aromatic N) is 2. The van der Waals surface area contributed by atoms with Gasteiger partial charge in [-0.15, -0.1) is 24.0 Å². The zero-order valence-corrected chi connectivity index (χ0v) is 20.4. The first kappa shape index (κ1) is 23.8. The van der Waals surface area contributed by atoms with Crippen molar-refractivity contribution in [3.05, 3.63) is 35.4 Å². The molecule has 1 unspecified atom stereocenters. The maximum absolute atomic E-state index is 6.08. The van der Waals surface area contributed by atoms with Gasteiger partial charge in [0.2, 0.25) is 0 Å². The number of guanidine groups is 1. The van der Waals surface area contributed by atoms with Crippen molar-refractivity contribution in [2.45, 2.75) is 37.5 Å². The van der Waals surface area contributed by atoms with Crippen molar-refractivity contribution < 1.29 is 9.47 Å². The molecule has 1 N–H and O–H groups in total. The van der Waals surface area contributed by atoms with Crippen LogP contribution in [0.25, 0.3) is 0 Å². The molecule has 0 spiro atoms. The van der Waals surface area contributed by atoms with Gasteiger partial charge >= 0.3 is 0 Å². The topological polar surface area (TPSA) is 46.1 Å². The molecule has 0 radical (unpaired) electrons. The molecule has 0 bridgehead atoms. The van der Waals surface area contributed by atoms with E-state index in [-0.39, 0.29) is 34.8 Å². The van der Waals surface area contributed by atoms with Gasteiger partial charge in [-0.2, -0.15) is 11.8 Å². The smallest absolute Gasteiger partial charge is 0.193 e. The number of rotatable bonds is 5. The Morgan fingerprint density at radius 3 is 2.71 bits per heavy atom. The molecule has 2 fully saturated rings. The monoisotopic (exact) mass is 519 g/mol. The fourth-order valence-corrected chi connectivity index (χ4v) is 5.21. The molecule has 158 valence electrons. The average molecular weight is 519 g/mol. The molecule has 3 rings (SSSR count). The summed E-state index contributed by atoms with van der Waals surface area (Å²) in [6.45, 7) is 9.49. The van der Waals surface area contributed by atoms with Crippen LogP contribution in [-0.2, 0) is 9.47 Å². The maximum atomic E-state index is 6.08. The molecule has 2 saturated heterocycles. The minimum atomic E-state index is 0. The number of hydrogen-bond acceptors (Lipinski definition) is 4. The molecule has 1 aromatic rings. The van der Waals surface area contributed by atoms with Crippen molar-refractivity contribution in [1.82, 2.24) is 10.2 Å². The molecule has 0 aliphatic carbocycles. The van der Waals surface area contributed by atoms with E-state index in [1.54, 1.807) is 0 Å². The number of nitrogens with one attached hydrogen (secondary N) is 1. The van der Waals surface area contributed by atoms with Crippen LogP contribution >= 0.6 is 35.7 Å². The number of aliphatic imine (C=N–C) groups is 1. The lowest BCUT2D eigenvalue weighted by molar-refractivity contribution is -0.00843. The average Bonchev–Trinajstić information content (AvgIpc) is 2.70. The summed E-state index contributed by atoms with van der Waals surface area (Å²) in [5.74, 6) is 2.12. The Hall–Kier alpha value is -0.510. The number of thioether (sulfide) groups is 1. The van der Waals surface area contributed by atoms with Gasteiger partial charge in [0.15, 0.2) is 5.96 Å². The molecule has 2 aliphatic rings. The predicted octanol–water partition coefficient (Wildman–Crippen LogP) is 3.86. The largest absolute Gasteiger partial charge is 0.381 e. The summed E-state index contributed by atoms with van der Waals surface area (Å²) < 4.78 is 11.9. The predicted molar refractivity (Wildman–Crippen MR) is 129 cm³/mol. The second-order valence-electron chi connectivity index (χ2n) is 7.29. The Balaban J connectivity index is 0.00000280. The van der Waals surface area contributed by atoms with E-state index in [2.05, 4.69) is 65.1 Å². The molecule has 1 aromatic carbocycles. The molecular weight excluding hydrogens is 485 g/mol. The van der Waals surface area contributed by atoms with E-state index in [4.69, 9.17) is 9.47 Å². The summed E-state index contributed by atoms with van der Waals surface area (Å²) in [5.41, 5.74) is 2.56. The molecule has 0 saturated carbocycles. The molecular formula is C21H34IN3O2S. The molecule has 0 aromatic heterocycles. The first-order valence-electron chi connectivity index (χ1n) is 10.0. The maximum Gasteiger partial charge on any atom is 0.193 e. The van der Waals surface area contributed by atoms with E-state index in [1.807, 2.05) is 7.05 Å². The number of aryl methyl sites for hydroxylation is 1. The quantitative estimate of drug-likeness (QED) is 0.364. The number of halogens is 1. The fourth-order valence-electron chi connectivity index (χ4n) is 3.97. The Bertz CT molecular complexity index is 632. The van der Waals surface area contributed by atoms with Crippen LogP contribution in [-0.4, -0.2) is 67.9 Å². The third-order valence-electron chi connectivity index (χ3n) is 5.54. The standard InChI is InChI=1S/C21H33N3O2S.HI/c1-4-27-21(9-12-25-13-10-21)16-23-20(22-3)24-11-14-26-19(15-24)18-8-6-5-7-17(18)2;/h5-8,19H,4,9-16H2,1-3H3,(H,22,23);1H. The van der Waals surface area contributed by atoms with Crippen molar-refractivity contribution in [3.63, 3.8) is 0 Å². The Morgan fingerprint density at radius 1 is 1.29 bits per heavy atom. The summed E-state index contributed by atoms with van der Waals surface area (Å²) in [4.78, 5) is 6.91. The molecule has 7 heteroatoms. The fraction of sp³-hybridized carbons (Fsp3) is 0.667. The zero-order chi connectivity index (χ0) is 19.1. The normalized spacial score (nSPS) is 22.5. The summed E-state index contributed by atoms with van der Waals surface area (Å²) in [6.07, 6.45) is 2.30. The lowest BCUT2D eigenvalue weighted by Crippen LogP contribution is -2.52. The third-order valence-corrected chi connectivity index (χ3v) is 6.99. The highest BCUT2D eigenvalue weighted by Crippen LogP contribution is 2.35. The van der Waals surface area contributed by atoms with Gasteiger partial charge in [0.25, 0.3) is 0 Å². The minimum absolute atomic E-state index is 0. The van der Waals surface area contributed by atoms with Crippen molar-refractivity contribution in [3.8, 4) is 0 Å². The van der Waals surface area contributed by atoms with E-state index in [9.17, 15) is 0 Å². The second kappa shape index (κ2) is 11.6. The highest BCUT2D eigenvalue weighted by molar-refractivity contribution is 14.0. The minimum Gasteiger partial charge on any atom is -0.381 e. The van der Waals surface area contributed by atoms with E-state index >= 15 is 0 Å². The summed E-state index contributed by atoms with van der Waals surface area (Å²) in [5, 5.41) is 3.67. The Labute approximate surface area is 191 Å². The van der Waals surface area contributed by atoms with Crippen molar-refractivity contribution >= 4 is 41.7 Å². The highest BCUT2D eigenvalue weighted by atomic mass is 127. The molecule has 1 atom stereocenters. The summed E-state index contributed by atoms with van der Waals surface area (Å²) in [6, 6.07) is 8.50. The van der Waals surface area contributed by atoms with Gasteiger partial charge in [-0.05, 0) is 36.6 Å². The van der Waals surface area contributed by atoms with Crippen LogP contribution in [0.4, 0.5) is 0 Å². The van der Waals surface area contributed by atoms with Crippen LogP contribution in [0.15, 0.2) is 29.3 Å². The number of morpholine rings is 1. The van der Waals surface area contributed by atoms with Crippen molar-refractivity contribution in [1.29, 1.82) is 0 Å². The van der Waals surface area contributed by atoms with Crippen molar-refractivity contribution in [2.24, 2.45) is 4.99 Å². The van der Waals surface area contributed by atoms with Crippen LogP contribution in [0.5, 0.6) is 0 Å². The van der Waals surface area contributed by atoms with Gasteiger partial charge in [-0.3, -0.25) is 4.99 Å². The number of hydrogen-bond donors (Lipinski definition) is 1. The van der Waals surface area contributed by atoms with Gasteiger partial charge in [0.1, 0.15) is 6.10 Å². The van der Waals surface area contributed by atoms with Gasteiger partial charge < -0.3 is 19.7 Å².